The van der Waals surface area contributed by atoms with Crippen LogP contribution in [0, 0.1) is 5.92 Å². The Balaban J connectivity index is 1.26. The van der Waals surface area contributed by atoms with Gasteiger partial charge in [0.2, 0.25) is 5.91 Å². The summed E-state index contributed by atoms with van der Waals surface area (Å²) in [6.45, 7) is 2.56. The molecular formula is C22H26N2O4S. The topological polar surface area (TPSA) is 67.9 Å². The zero-order chi connectivity index (χ0) is 20.1. The fraction of sp³-hybridized carbons (Fsp3) is 0.455. The van der Waals surface area contributed by atoms with E-state index in [0.29, 0.717) is 32.5 Å². The quantitative estimate of drug-likeness (QED) is 0.781. The van der Waals surface area contributed by atoms with Gasteiger partial charge >= 0.3 is 0 Å². The van der Waals surface area contributed by atoms with E-state index in [1.807, 2.05) is 46.7 Å². The number of hydrogen-bond acceptors (Lipinski definition) is 5. The molecule has 0 radical (unpaired) electrons. The van der Waals surface area contributed by atoms with Crippen molar-refractivity contribution in [2.24, 2.45) is 5.92 Å². The van der Waals surface area contributed by atoms with Crippen molar-refractivity contribution in [2.75, 3.05) is 31.6 Å². The van der Waals surface area contributed by atoms with Gasteiger partial charge in [0.05, 0.1) is 11.0 Å². The third-order valence-electron chi connectivity index (χ3n) is 5.45. The first-order chi connectivity index (χ1) is 14.2. The molecule has 6 nitrogen and oxygen atoms in total. The molecular weight excluding hydrogens is 388 g/mol. The minimum atomic E-state index is -0.0844. The minimum Gasteiger partial charge on any atom is -0.491 e. The summed E-state index contributed by atoms with van der Waals surface area (Å²) in [5.74, 6) is 0.716. The number of nitrogens with zero attached hydrogens (tertiary/aromatic N) is 1. The average molecular weight is 415 g/mol. The highest BCUT2D eigenvalue weighted by molar-refractivity contribution is 7.12. The lowest BCUT2D eigenvalue weighted by atomic mass is 9.95. The predicted molar refractivity (Wildman–Crippen MR) is 112 cm³/mol. The van der Waals surface area contributed by atoms with E-state index in [0.717, 1.165) is 35.8 Å². The number of anilines is 1. The van der Waals surface area contributed by atoms with Crippen molar-refractivity contribution in [3.05, 3.63) is 46.7 Å². The molecule has 154 valence electrons. The summed E-state index contributed by atoms with van der Waals surface area (Å²) in [4.78, 5) is 27.7. The Kier molecular flexibility index (Phi) is 6.46. The third-order valence-corrected chi connectivity index (χ3v) is 6.30. The number of nitrogens with one attached hydrogen (secondary N) is 1. The van der Waals surface area contributed by atoms with Crippen LogP contribution in [0.3, 0.4) is 0 Å². The van der Waals surface area contributed by atoms with Gasteiger partial charge < -0.3 is 19.7 Å². The summed E-state index contributed by atoms with van der Waals surface area (Å²) in [7, 11) is 0. The summed E-state index contributed by atoms with van der Waals surface area (Å²) in [6, 6.07) is 11.2. The molecule has 29 heavy (non-hydrogen) atoms. The molecule has 0 saturated carbocycles. The molecule has 1 N–H and O–H groups in total. The molecule has 1 aromatic carbocycles. The molecule has 1 aromatic heterocycles. The number of amides is 2. The van der Waals surface area contributed by atoms with Crippen LogP contribution in [0.25, 0.3) is 0 Å². The van der Waals surface area contributed by atoms with Crippen LogP contribution < -0.4 is 10.1 Å². The average Bonchev–Trinajstić information content (AvgIpc) is 3.46. The van der Waals surface area contributed by atoms with Crippen LogP contribution in [-0.4, -0.2) is 49.1 Å². The van der Waals surface area contributed by atoms with Gasteiger partial charge in [0, 0.05) is 37.4 Å². The van der Waals surface area contributed by atoms with Gasteiger partial charge in [0.25, 0.3) is 5.91 Å². The van der Waals surface area contributed by atoms with Crippen molar-refractivity contribution in [2.45, 2.75) is 31.8 Å². The Morgan fingerprint density at radius 2 is 2.03 bits per heavy atom. The monoisotopic (exact) mass is 414 g/mol. The highest BCUT2D eigenvalue weighted by Crippen LogP contribution is 2.24. The Labute approximate surface area is 174 Å². The summed E-state index contributed by atoms with van der Waals surface area (Å²) < 4.78 is 11.4. The number of carbonyl (C=O) groups is 2. The molecule has 4 rings (SSSR count). The summed E-state index contributed by atoms with van der Waals surface area (Å²) in [6.07, 6.45) is 3.64. The summed E-state index contributed by atoms with van der Waals surface area (Å²) >= 11 is 1.46. The standard InChI is InChI=1S/C22H26N2O4S/c25-21(16-8-10-24(11-9-16)22(26)20-7-3-13-29-20)23-17-4-1-5-18(14-17)28-15-19-6-2-12-27-19/h1,3-5,7,13-14,16,19H,2,6,8-12,15H2,(H,23,25). The van der Waals surface area contributed by atoms with E-state index in [4.69, 9.17) is 9.47 Å². The fourth-order valence-electron chi connectivity index (χ4n) is 3.77. The van der Waals surface area contributed by atoms with Crippen LogP contribution in [0.4, 0.5) is 5.69 Å². The minimum absolute atomic E-state index is 0.00417. The van der Waals surface area contributed by atoms with Crippen LogP contribution in [-0.2, 0) is 9.53 Å². The van der Waals surface area contributed by atoms with Crippen molar-refractivity contribution in [3.63, 3.8) is 0 Å². The number of thiophene rings is 1. The predicted octanol–water partition coefficient (Wildman–Crippen LogP) is 3.80. The van der Waals surface area contributed by atoms with Crippen LogP contribution in [0.5, 0.6) is 5.75 Å². The highest BCUT2D eigenvalue weighted by Gasteiger charge is 2.28. The molecule has 1 atom stereocenters. The highest BCUT2D eigenvalue weighted by atomic mass is 32.1. The number of likely N-dealkylation sites (tertiary alicyclic amines) is 1. The van der Waals surface area contributed by atoms with Gasteiger partial charge in [-0.05, 0) is 49.3 Å². The second-order valence-electron chi connectivity index (χ2n) is 7.51. The molecule has 2 aliphatic rings. The number of carbonyl (C=O) groups excluding carboxylic acids is 2. The van der Waals surface area contributed by atoms with Crippen molar-refractivity contribution < 1.29 is 19.1 Å². The molecule has 0 bridgehead atoms. The van der Waals surface area contributed by atoms with E-state index in [1.54, 1.807) is 0 Å². The van der Waals surface area contributed by atoms with Crippen molar-refractivity contribution >= 4 is 28.8 Å². The molecule has 2 fully saturated rings. The molecule has 1 unspecified atom stereocenters. The second-order valence-corrected chi connectivity index (χ2v) is 8.45. The van der Waals surface area contributed by atoms with E-state index >= 15 is 0 Å². The van der Waals surface area contributed by atoms with Crippen LogP contribution in [0.15, 0.2) is 41.8 Å². The molecule has 2 saturated heterocycles. The van der Waals surface area contributed by atoms with Gasteiger partial charge in [0.15, 0.2) is 0 Å². The number of ether oxygens (including phenoxy) is 2. The Morgan fingerprint density at radius 1 is 1.17 bits per heavy atom. The van der Waals surface area contributed by atoms with Gasteiger partial charge in [-0.2, -0.15) is 0 Å². The van der Waals surface area contributed by atoms with E-state index < -0.39 is 0 Å². The van der Waals surface area contributed by atoms with Crippen LogP contribution in [0.2, 0.25) is 0 Å². The van der Waals surface area contributed by atoms with Crippen molar-refractivity contribution in [3.8, 4) is 5.75 Å². The van der Waals surface area contributed by atoms with E-state index in [2.05, 4.69) is 5.32 Å². The third kappa shape index (κ3) is 5.16. The van der Waals surface area contributed by atoms with Crippen LogP contribution >= 0.6 is 11.3 Å². The molecule has 0 spiro atoms. The lowest BCUT2D eigenvalue weighted by Crippen LogP contribution is -2.41. The smallest absolute Gasteiger partial charge is 0.263 e. The maximum atomic E-state index is 12.7. The first-order valence-corrected chi connectivity index (χ1v) is 11.0. The van der Waals surface area contributed by atoms with Crippen molar-refractivity contribution in [1.82, 2.24) is 4.90 Å². The maximum absolute atomic E-state index is 12.7. The Bertz CT molecular complexity index is 825. The number of rotatable bonds is 6. The largest absolute Gasteiger partial charge is 0.491 e. The number of piperidine rings is 1. The van der Waals surface area contributed by atoms with Crippen LogP contribution in [0.1, 0.15) is 35.4 Å². The zero-order valence-electron chi connectivity index (χ0n) is 16.3. The summed E-state index contributed by atoms with van der Waals surface area (Å²) in [5, 5.41) is 4.91. The van der Waals surface area contributed by atoms with E-state index in [1.165, 1.54) is 11.3 Å². The van der Waals surface area contributed by atoms with Crippen molar-refractivity contribution in [1.29, 1.82) is 0 Å². The summed E-state index contributed by atoms with van der Waals surface area (Å²) in [5.41, 5.74) is 0.733. The van der Waals surface area contributed by atoms with E-state index in [9.17, 15) is 9.59 Å². The van der Waals surface area contributed by atoms with Gasteiger partial charge in [0.1, 0.15) is 12.4 Å². The van der Waals surface area contributed by atoms with Gasteiger partial charge in [-0.15, -0.1) is 11.3 Å². The molecule has 2 aromatic rings. The first kappa shape index (κ1) is 19.9. The van der Waals surface area contributed by atoms with E-state index in [-0.39, 0.29) is 23.8 Å². The maximum Gasteiger partial charge on any atom is 0.263 e. The SMILES string of the molecule is O=C(Nc1cccc(OCC2CCCO2)c1)C1CCN(C(=O)c2cccs2)CC1. The zero-order valence-corrected chi connectivity index (χ0v) is 17.2. The molecule has 3 heterocycles. The first-order valence-electron chi connectivity index (χ1n) is 10.2. The second kappa shape index (κ2) is 9.41. The Morgan fingerprint density at radius 3 is 2.76 bits per heavy atom. The molecule has 2 aliphatic heterocycles. The van der Waals surface area contributed by atoms with Gasteiger partial charge in [-0.25, -0.2) is 0 Å². The van der Waals surface area contributed by atoms with Gasteiger partial charge in [-0.1, -0.05) is 12.1 Å². The fourth-order valence-corrected chi connectivity index (χ4v) is 4.46. The number of benzene rings is 1. The Hall–Kier alpha value is -2.38. The number of hydrogen-bond donors (Lipinski definition) is 1. The molecule has 7 heteroatoms. The normalized spacial score (nSPS) is 19.9. The lowest BCUT2D eigenvalue weighted by molar-refractivity contribution is -0.121. The lowest BCUT2D eigenvalue weighted by Gasteiger charge is -2.31. The molecule has 0 aliphatic carbocycles. The van der Waals surface area contributed by atoms with Gasteiger partial charge in [-0.3, -0.25) is 9.59 Å². The molecule has 2 amide bonds.